The van der Waals surface area contributed by atoms with Gasteiger partial charge in [-0.3, -0.25) is 0 Å². The smallest absolute Gasteiger partial charge is 0.161 e. The average Bonchev–Trinajstić information content (AvgIpc) is 2.74. The van der Waals surface area contributed by atoms with E-state index in [1.54, 1.807) is 12.1 Å². The fourth-order valence-corrected chi connectivity index (χ4v) is 3.27. The standard InChI is InChI=1S/C16H13BrClFO2/c17-15(11-3-1-4-12(19)16(11)18)10-5-6-13-14(9-10)21-8-2-7-20-13/h1,3-6,9,15H,2,7-8H2. The van der Waals surface area contributed by atoms with Gasteiger partial charge in [0.15, 0.2) is 11.5 Å². The van der Waals surface area contributed by atoms with Crippen molar-refractivity contribution in [3.8, 4) is 11.5 Å². The fourth-order valence-electron chi connectivity index (χ4n) is 2.23. The molecule has 0 aromatic heterocycles. The Kier molecular flexibility index (Phi) is 4.36. The normalized spacial score (nSPS) is 15.4. The third kappa shape index (κ3) is 3.01. The average molecular weight is 372 g/mol. The number of rotatable bonds is 2. The third-order valence-electron chi connectivity index (χ3n) is 3.32. The summed E-state index contributed by atoms with van der Waals surface area (Å²) in [5.41, 5.74) is 1.62. The summed E-state index contributed by atoms with van der Waals surface area (Å²) in [5, 5.41) is 0.131. The molecular weight excluding hydrogens is 359 g/mol. The van der Waals surface area contributed by atoms with Crippen molar-refractivity contribution >= 4 is 27.5 Å². The molecule has 3 rings (SSSR count). The van der Waals surface area contributed by atoms with E-state index in [9.17, 15) is 4.39 Å². The van der Waals surface area contributed by atoms with E-state index in [1.165, 1.54) is 6.07 Å². The molecule has 1 unspecified atom stereocenters. The van der Waals surface area contributed by atoms with E-state index in [2.05, 4.69) is 15.9 Å². The largest absolute Gasteiger partial charge is 0.490 e. The molecule has 1 atom stereocenters. The molecule has 0 saturated carbocycles. The Balaban J connectivity index is 1.96. The lowest BCUT2D eigenvalue weighted by molar-refractivity contribution is 0.297. The van der Waals surface area contributed by atoms with Crippen molar-refractivity contribution in [1.82, 2.24) is 0 Å². The van der Waals surface area contributed by atoms with Crippen molar-refractivity contribution in [1.29, 1.82) is 0 Å². The van der Waals surface area contributed by atoms with Crippen molar-refractivity contribution in [2.24, 2.45) is 0 Å². The van der Waals surface area contributed by atoms with Crippen LogP contribution in [0.2, 0.25) is 5.02 Å². The van der Waals surface area contributed by atoms with Gasteiger partial charge in [0.1, 0.15) is 5.82 Å². The Hall–Kier alpha value is -1.26. The van der Waals surface area contributed by atoms with Crippen LogP contribution in [-0.4, -0.2) is 13.2 Å². The lowest BCUT2D eigenvalue weighted by Gasteiger charge is -2.15. The number of benzene rings is 2. The van der Waals surface area contributed by atoms with Crippen molar-refractivity contribution in [3.63, 3.8) is 0 Å². The molecule has 21 heavy (non-hydrogen) atoms. The SMILES string of the molecule is Fc1cccc(C(Br)c2ccc3c(c2)OCCCO3)c1Cl. The molecule has 2 aromatic rings. The monoisotopic (exact) mass is 370 g/mol. The van der Waals surface area contributed by atoms with Gasteiger partial charge in [0, 0.05) is 6.42 Å². The minimum absolute atomic E-state index is 0.131. The second-order valence-corrected chi connectivity index (χ2v) is 6.06. The van der Waals surface area contributed by atoms with Gasteiger partial charge in [-0.25, -0.2) is 4.39 Å². The first kappa shape index (κ1) is 14.7. The number of hydrogen-bond acceptors (Lipinski definition) is 2. The molecule has 0 amide bonds. The van der Waals surface area contributed by atoms with Crippen LogP contribution < -0.4 is 9.47 Å². The molecule has 5 heteroatoms. The van der Waals surface area contributed by atoms with E-state index in [1.807, 2.05) is 18.2 Å². The van der Waals surface area contributed by atoms with E-state index in [0.717, 1.165) is 17.7 Å². The summed E-state index contributed by atoms with van der Waals surface area (Å²) >= 11 is 9.63. The van der Waals surface area contributed by atoms with E-state index in [0.29, 0.717) is 24.5 Å². The number of hydrogen-bond donors (Lipinski definition) is 0. The highest BCUT2D eigenvalue weighted by Crippen LogP contribution is 2.40. The maximum absolute atomic E-state index is 13.6. The van der Waals surface area contributed by atoms with Gasteiger partial charge >= 0.3 is 0 Å². The second kappa shape index (κ2) is 6.24. The predicted molar refractivity (Wildman–Crippen MR) is 84.2 cm³/mol. The van der Waals surface area contributed by atoms with E-state index < -0.39 is 5.82 Å². The summed E-state index contributed by atoms with van der Waals surface area (Å²) < 4.78 is 24.9. The highest BCUT2D eigenvalue weighted by Gasteiger charge is 2.19. The van der Waals surface area contributed by atoms with Crippen LogP contribution in [0.25, 0.3) is 0 Å². The van der Waals surface area contributed by atoms with Gasteiger partial charge in [0.2, 0.25) is 0 Å². The van der Waals surface area contributed by atoms with E-state index >= 15 is 0 Å². The van der Waals surface area contributed by atoms with Crippen LogP contribution in [0.15, 0.2) is 36.4 Å². The molecule has 110 valence electrons. The summed E-state index contributed by atoms with van der Waals surface area (Å²) in [6.45, 7) is 1.28. The van der Waals surface area contributed by atoms with Gasteiger partial charge in [-0.1, -0.05) is 45.7 Å². The molecule has 1 heterocycles. The van der Waals surface area contributed by atoms with Crippen LogP contribution in [0.3, 0.4) is 0 Å². The van der Waals surface area contributed by atoms with Crippen LogP contribution in [0, 0.1) is 5.82 Å². The molecule has 0 bridgehead atoms. The Labute approximate surface area is 136 Å². The first-order valence-electron chi connectivity index (χ1n) is 6.64. The van der Waals surface area contributed by atoms with Gasteiger partial charge in [0.05, 0.1) is 23.1 Å². The molecule has 2 nitrogen and oxygen atoms in total. The third-order valence-corrected chi connectivity index (χ3v) is 4.74. The minimum Gasteiger partial charge on any atom is -0.490 e. The summed E-state index contributed by atoms with van der Waals surface area (Å²) in [6.07, 6.45) is 0.859. The van der Waals surface area contributed by atoms with Gasteiger partial charge in [0.25, 0.3) is 0 Å². The quantitative estimate of drug-likeness (QED) is 0.682. The zero-order valence-corrected chi connectivity index (χ0v) is 13.5. The molecule has 0 aliphatic carbocycles. The summed E-state index contributed by atoms with van der Waals surface area (Å²) in [4.78, 5) is -0.210. The van der Waals surface area contributed by atoms with Gasteiger partial charge < -0.3 is 9.47 Å². The predicted octanol–water partition coefficient (Wildman–Crippen LogP) is 5.12. The van der Waals surface area contributed by atoms with E-state index in [-0.39, 0.29) is 9.85 Å². The topological polar surface area (TPSA) is 18.5 Å². The first-order valence-corrected chi connectivity index (χ1v) is 7.93. The van der Waals surface area contributed by atoms with E-state index in [4.69, 9.17) is 21.1 Å². The number of ether oxygens (including phenoxy) is 2. The number of halogens is 3. The van der Waals surface area contributed by atoms with Gasteiger partial charge in [-0.2, -0.15) is 0 Å². The molecule has 0 N–H and O–H groups in total. The zero-order chi connectivity index (χ0) is 14.8. The Morgan fingerprint density at radius 2 is 1.86 bits per heavy atom. The van der Waals surface area contributed by atoms with Crippen LogP contribution in [0.1, 0.15) is 22.4 Å². The van der Waals surface area contributed by atoms with Gasteiger partial charge in [-0.05, 0) is 29.3 Å². The van der Waals surface area contributed by atoms with Crippen LogP contribution >= 0.6 is 27.5 Å². The molecule has 0 fully saturated rings. The second-order valence-electron chi connectivity index (χ2n) is 4.76. The summed E-state index contributed by atoms with van der Waals surface area (Å²) in [6, 6.07) is 10.5. The Morgan fingerprint density at radius 3 is 2.67 bits per heavy atom. The lowest BCUT2D eigenvalue weighted by atomic mass is 10.0. The fraction of sp³-hybridized carbons (Fsp3) is 0.250. The molecule has 1 aliphatic rings. The van der Waals surface area contributed by atoms with Crippen molar-refractivity contribution in [2.75, 3.05) is 13.2 Å². The molecule has 0 spiro atoms. The molecule has 0 saturated heterocycles. The van der Waals surface area contributed by atoms with Crippen molar-refractivity contribution in [3.05, 3.63) is 58.4 Å². The maximum atomic E-state index is 13.6. The van der Waals surface area contributed by atoms with Crippen LogP contribution in [-0.2, 0) is 0 Å². The maximum Gasteiger partial charge on any atom is 0.161 e. The molecule has 2 aromatic carbocycles. The van der Waals surface area contributed by atoms with Crippen molar-refractivity contribution in [2.45, 2.75) is 11.2 Å². The molecular formula is C16H13BrClFO2. The van der Waals surface area contributed by atoms with Gasteiger partial charge in [-0.15, -0.1) is 0 Å². The Morgan fingerprint density at radius 1 is 1.10 bits per heavy atom. The summed E-state index contributed by atoms with van der Waals surface area (Å²) in [7, 11) is 0. The van der Waals surface area contributed by atoms with Crippen molar-refractivity contribution < 1.29 is 13.9 Å². The highest BCUT2D eigenvalue weighted by molar-refractivity contribution is 9.09. The zero-order valence-electron chi connectivity index (χ0n) is 11.1. The first-order chi connectivity index (χ1) is 10.2. The minimum atomic E-state index is -0.423. The molecule has 0 radical (unpaired) electrons. The number of fused-ring (bicyclic) bond motifs is 1. The van der Waals surface area contributed by atoms with Crippen LogP contribution in [0.5, 0.6) is 11.5 Å². The molecule has 1 aliphatic heterocycles. The van der Waals surface area contributed by atoms with Crippen LogP contribution in [0.4, 0.5) is 4.39 Å². The lowest BCUT2D eigenvalue weighted by Crippen LogP contribution is -1.98. The Bertz CT molecular complexity index is 663. The number of alkyl halides is 1. The summed E-state index contributed by atoms with van der Waals surface area (Å²) in [5.74, 6) is 1.02. The highest BCUT2D eigenvalue weighted by atomic mass is 79.9.